The number of carbonyl (C=O) groups excluding carboxylic acids is 1. The molecular weight excluding hydrogens is 307 g/mol. The van der Waals surface area contributed by atoms with Crippen LogP contribution in [0.25, 0.3) is 0 Å². The average molecular weight is 331 g/mol. The van der Waals surface area contributed by atoms with Crippen molar-refractivity contribution in [1.82, 2.24) is 15.1 Å². The average Bonchev–Trinajstić information content (AvgIpc) is 2.85. The van der Waals surface area contributed by atoms with Gasteiger partial charge in [0.2, 0.25) is 5.91 Å². The Morgan fingerprint density at radius 3 is 2.61 bits per heavy atom. The Bertz CT molecular complexity index is 567. The topological polar surface area (TPSA) is 46.9 Å². The molecule has 23 heavy (non-hydrogen) atoms. The van der Waals surface area contributed by atoms with Gasteiger partial charge < -0.3 is 5.32 Å². The Kier molecular flexibility index (Phi) is 5.06. The number of aromatic nitrogens is 2. The van der Waals surface area contributed by atoms with Gasteiger partial charge in [0.1, 0.15) is 6.04 Å². The normalized spacial score (nSPS) is 26.8. The van der Waals surface area contributed by atoms with Crippen molar-refractivity contribution < 1.29 is 18.0 Å². The van der Waals surface area contributed by atoms with Gasteiger partial charge >= 0.3 is 6.18 Å². The monoisotopic (exact) mass is 331 g/mol. The van der Waals surface area contributed by atoms with Gasteiger partial charge in [-0.2, -0.15) is 18.3 Å². The van der Waals surface area contributed by atoms with Crippen molar-refractivity contribution in [2.75, 3.05) is 0 Å². The molecule has 1 N–H and O–H groups in total. The number of nitrogens with one attached hydrogen (secondary N) is 1. The zero-order valence-electron chi connectivity index (χ0n) is 13.9. The summed E-state index contributed by atoms with van der Waals surface area (Å²) in [5.74, 6) is 0.618. The van der Waals surface area contributed by atoms with Crippen molar-refractivity contribution >= 4 is 5.91 Å². The fraction of sp³-hybridized carbons (Fsp3) is 0.750. The first kappa shape index (κ1) is 17.8. The zero-order chi connectivity index (χ0) is 17.4. The first-order chi connectivity index (χ1) is 10.6. The largest absolute Gasteiger partial charge is 0.435 e. The predicted molar refractivity (Wildman–Crippen MR) is 80.8 cm³/mol. The summed E-state index contributed by atoms with van der Waals surface area (Å²) < 4.78 is 39.4. The molecule has 2 rings (SSSR count). The molecule has 1 saturated carbocycles. The Labute approximate surface area is 134 Å². The Balaban J connectivity index is 2.09. The van der Waals surface area contributed by atoms with Gasteiger partial charge in [-0.15, -0.1) is 0 Å². The van der Waals surface area contributed by atoms with E-state index in [1.807, 2.05) is 0 Å². The molecule has 1 aromatic heterocycles. The van der Waals surface area contributed by atoms with E-state index < -0.39 is 17.9 Å². The van der Waals surface area contributed by atoms with Gasteiger partial charge in [0, 0.05) is 11.7 Å². The van der Waals surface area contributed by atoms with Gasteiger partial charge in [-0.3, -0.25) is 9.48 Å². The van der Waals surface area contributed by atoms with Crippen LogP contribution in [0.1, 0.15) is 57.5 Å². The van der Waals surface area contributed by atoms with Crippen LogP contribution in [0.3, 0.4) is 0 Å². The molecule has 1 amide bonds. The molecule has 4 atom stereocenters. The maximum Gasteiger partial charge on any atom is 0.435 e. The minimum absolute atomic E-state index is 0.0756. The standard InChI is InChI=1S/C16H24F3N3O/c1-9-6-5-7-13(11(9)3)20-15(23)12(4)22-10(2)8-14(21-22)16(17,18)19/h8-9,11-13H,5-7H2,1-4H3,(H,20,23)/t9-,11-,12+,13-/m0/s1. The van der Waals surface area contributed by atoms with Crippen LogP contribution in [0.4, 0.5) is 13.2 Å². The highest BCUT2D eigenvalue weighted by Crippen LogP contribution is 2.31. The summed E-state index contributed by atoms with van der Waals surface area (Å²) in [6, 6.07) is 0.275. The van der Waals surface area contributed by atoms with Gasteiger partial charge in [0.25, 0.3) is 0 Å². The third-order valence-electron chi connectivity index (χ3n) is 4.99. The van der Waals surface area contributed by atoms with Crippen LogP contribution in [-0.4, -0.2) is 21.7 Å². The molecule has 1 aromatic rings. The maximum atomic E-state index is 12.7. The molecule has 7 heteroatoms. The van der Waals surface area contributed by atoms with Gasteiger partial charge in [0.05, 0.1) is 0 Å². The van der Waals surface area contributed by atoms with E-state index in [0.29, 0.717) is 17.5 Å². The third-order valence-corrected chi connectivity index (χ3v) is 4.99. The highest BCUT2D eigenvalue weighted by Gasteiger charge is 2.36. The van der Waals surface area contributed by atoms with E-state index in [9.17, 15) is 18.0 Å². The zero-order valence-corrected chi connectivity index (χ0v) is 13.9. The van der Waals surface area contributed by atoms with Crippen LogP contribution in [0, 0.1) is 18.8 Å². The number of amides is 1. The smallest absolute Gasteiger partial charge is 0.351 e. The van der Waals surface area contributed by atoms with Gasteiger partial charge in [0.15, 0.2) is 5.69 Å². The van der Waals surface area contributed by atoms with E-state index >= 15 is 0 Å². The lowest BCUT2D eigenvalue weighted by Gasteiger charge is -2.35. The molecule has 1 aliphatic rings. The third kappa shape index (κ3) is 3.87. The van der Waals surface area contributed by atoms with E-state index in [-0.39, 0.29) is 11.9 Å². The molecule has 130 valence electrons. The summed E-state index contributed by atoms with van der Waals surface area (Å²) in [6.45, 7) is 7.38. The van der Waals surface area contributed by atoms with Crippen molar-refractivity contribution in [3.05, 3.63) is 17.5 Å². The first-order valence-corrected chi connectivity index (χ1v) is 8.05. The second-order valence-corrected chi connectivity index (χ2v) is 6.67. The summed E-state index contributed by atoms with van der Waals surface area (Å²) in [6.07, 6.45) is -1.38. The molecule has 0 aromatic carbocycles. The molecule has 1 aliphatic carbocycles. The molecule has 4 nitrogen and oxygen atoms in total. The van der Waals surface area contributed by atoms with E-state index in [4.69, 9.17) is 0 Å². The number of carbonyl (C=O) groups is 1. The summed E-state index contributed by atoms with van der Waals surface area (Å²) >= 11 is 0. The van der Waals surface area contributed by atoms with Crippen molar-refractivity contribution in [3.63, 3.8) is 0 Å². The number of aryl methyl sites for hydroxylation is 1. The first-order valence-electron chi connectivity index (χ1n) is 8.05. The van der Waals surface area contributed by atoms with Crippen LogP contribution in [-0.2, 0) is 11.0 Å². The van der Waals surface area contributed by atoms with Crippen molar-refractivity contribution in [2.24, 2.45) is 11.8 Å². The highest BCUT2D eigenvalue weighted by atomic mass is 19.4. The fourth-order valence-electron chi connectivity index (χ4n) is 3.22. The molecule has 0 unspecified atom stereocenters. The van der Waals surface area contributed by atoms with Crippen molar-refractivity contribution in [1.29, 1.82) is 0 Å². The second-order valence-electron chi connectivity index (χ2n) is 6.67. The molecular formula is C16H24F3N3O. The van der Waals surface area contributed by atoms with Gasteiger partial charge in [-0.25, -0.2) is 0 Å². The molecule has 0 spiro atoms. The lowest BCUT2D eigenvalue weighted by molar-refractivity contribution is -0.142. The summed E-state index contributed by atoms with van der Waals surface area (Å²) in [7, 11) is 0. The minimum Gasteiger partial charge on any atom is -0.351 e. The molecule has 0 radical (unpaired) electrons. The predicted octanol–water partition coefficient (Wildman–Crippen LogP) is 3.71. The second kappa shape index (κ2) is 6.53. The highest BCUT2D eigenvalue weighted by molar-refractivity contribution is 5.80. The van der Waals surface area contributed by atoms with E-state index in [1.54, 1.807) is 6.92 Å². The fourth-order valence-corrected chi connectivity index (χ4v) is 3.22. The lowest BCUT2D eigenvalue weighted by Crippen LogP contribution is -2.46. The molecule has 1 heterocycles. The molecule has 1 fully saturated rings. The van der Waals surface area contributed by atoms with Crippen LogP contribution >= 0.6 is 0 Å². The summed E-state index contributed by atoms with van der Waals surface area (Å²) in [4.78, 5) is 12.4. The minimum atomic E-state index is -4.50. The van der Waals surface area contributed by atoms with Gasteiger partial charge in [-0.1, -0.05) is 26.7 Å². The van der Waals surface area contributed by atoms with Crippen LogP contribution < -0.4 is 5.32 Å². The Morgan fingerprint density at radius 2 is 2.04 bits per heavy atom. The number of nitrogens with zero attached hydrogens (tertiary/aromatic N) is 2. The van der Waals surface area contributed by atoms with Crippen molar-refractivity contribution in [2.45, 2.75) is 65.2 Å². The van der Waals surface area contributed by atoms with Crippen LogP contribution in [0.5, 0.6) is 0 Å². The molecule has 0 bridgehead atoms. The summed E-state index contributed by atoms with van der Waals surface area (Å²) in [5.41, 5.74) is -0.639. The number of hydrogen-bond acceptors (Lipinski definition) is 2. The van der Waals surface area contributed by atoms with Crippen molar-refractivity contribution in [3.8, 4) is 0 Å². The SMILES string of the molecule is Cc1cc(C(F)(F)F)nn1[C@H](C)C(=O)N[C@H]1CCC[C@H](C)[C@@H]1C. The molecule has 0 aliphatic heterocycles. The summed E-state index contributed by atoms with van der Waals surface area (Å²) in [5, 5.41) is 6.55. The van der Waals surface area contributed by atoms with E-state index in [0.717, 1.165) is 30.0 Å². The Hall–Kier alpha value is -1.53. The number of alkyl halides is 3. The van der Waals surface area contributed by atoms with Gasteiger partial charge in [-0.05, 0) is 38.2 Å². The number of rotatable bonds is 3. The van der Waals surface area contributed by atoms with E-state index in [2.05, 4.69) is 24.3 Å². The number of halogens is 3. The maximum absolute atomic E-state index is 12.7. The Morgan fingerprint density at radius 1 is 1.39 bits per heavy atom. The van der Waals surface area contributed by atoms with E-state index in [1.165, 1.54) is 6.92 Å². The van der Waals surface area contributed by atoms with Crippen LogP contribution in [0.2, 0.25) is 0 Å². The quantitative estimate of drug-likeness (QED) is 0.918. The molecule has 0 saturated heterocycles. The lowest BCUT2D eigenvalue weighted by atomic mass is 9.78. The number of hydrogen-bond donors (Lipinski definition) is 1. The van der Waals surface area contributed by atoms with Crippen LogP contribution in [0.15, 0.2) is 6.07 Å².